The van der Waals surface area contributed by atoms with Gasteiger partial charge in [-0.1, -0.05) is 18.2 Å². The molecule has 1 heterocycles. The highest BCUT2D eigenvalue weighted by molar-refractivity contribution is 9.10. The first kappa shape index (κ1) is 18.7. The number of nitrogen functional groups attached to an aromatic ring is 1. The van der Waals surface area contributed by atoms with Crippen LogP contribution in [0.25, 0.3) is 0 Å². The molecule has 138 valence electrons. The molecule has 0 fully saturated rings. The monoisotopic (exact) mass is 427 g/mol. The lowest BCUT2D eigenvalue weighted by atomic mass is 10.1. The van der Waals surface area contributed by atoms with Crippen LogP contribution in [0.1, 0.15) is 21.5 Å². The summed E-state index contributed by atoms with van der Waals surface area (Å²) in [6.07, 6.45) is 1.31. The third-order valence-electron chi connectivity index (χ3n) is 3.95. The van der Waals surface area contributed by atoms with E-state index in [2.05, 4.69) is 36.7 Å². The van der Waals surface area contributed by atoms with Crippen LogP contribution < -0.4 is 21.3 Å². The Morgan fingerprint density at radius 1 is 1.11 bits per heavy atom. The summed E-state index contributed by atoms with van der Waals surface area (Å²) in [4.78, 5) is 20.4. The number of nitrogens with zero attached hydrogens (tertiary/aromatic N) is 2. The number of hydrazine groups is 1. The molecule has 27 heavy (non-hydrogen) atoms. The summed E-state index contributed by atoms with van der Waals surface area (Å²) in [5.41, 5.74) is 14.3. The first-order chi connectivity index (χ1) is 13.0. The first-order valence-electron chi connectivity index (χ1n) is 8.12. The number of aromatic nitrogens is 2. The van der Waals surface area contributed by atoms with E-state index in [1.165, 1.54) is 6.33 Å². The van der Waals surface area contributed by atoms with Crippen molar-refractivity contribution in [3.8, 4) is 11.6 Å². The number of halogens is 1. The second kappa shape index (κ2) is 8.05. The van der Waals surface area contributed by atoms with E-state index in [4.69, 9.17) is 10.5 Å². The van der Waals surface area contributed by atoms with E-state index in [9.17, 15) is 4.79 Å². The summed E-state index contributed by atoms with van der Waals surface area (Å²) < 4.78 is 6.44. The van der Waals surface area contributed by atoms with E-state index in [1.807, 2.05) is 38.1 Å². The van der Waals surface area contributed by atoms with Gasteiger partial charge in [-0.15, -0.1) is 0 Å². The minimum Gasteiger partial charge on any atom is -0.437 e. The Balaban J connectivity index is 1.74. The summed E-state index contributed by atoms with van der Waals surface area (Å²) in [6.45, 7) is 4.02. The maximum atomic E-state index is 12.3. The zero-order chi connectivity index (χ0) is 19.4. The molecule has 0 aliphatic carbocycles. The molecule has 0 aliphatic heterocycles. The molecule has 0 unspecified atom stereocenters. The van der Waals surface area contributed by atoms with E-state index < -0.39 is 0 Å². The van der Waals surface area contributed by atoms with Crippen molar-refractivity contribution in [2.75, 3.05) is 11.2 Å². The molecular formula is C19H18BrN5O2. The standard InChI is InChI=1S/C19H18BrN5O2/c1-11-7-8-13(9-12(11)2)27-19-16(21)17(22-10-23-19)24-25-18(26)14-5-3-4-6-15(14)20/h3-10H,21H2,1-2H3,(H,25,26)(H,22,23,24). The van der Waals surface area contributed by atoms with Crippen molar-refractivity contribution < 1.29 is 9.53 Å². The van der Waals surface area contributed by atoms with Crippen LogP contribution in [0, 0.1) is 13.8 Å². The lowest BCUT2D eigenvalue weighted by Crippen LogP contribution is -2.30. The van der Waals surface area contributed by atoms with Gasteiger partial charge in [0.15, 0.2) is 5.82 Å². The molecule has 8 heteroatoms. The zero-order valence-electron chi connectivity index (χ0n) is 14.8. The van der Waals surface area contributed by atoms with Gasteiger partial charge in [-0.25, -0.2) is 4.98 Å². The topological polar surface area (TPSA) is 102 Å². The number of hydrogen-bond acceptors (Lipinski definition) is 6. The molecule has 1 amide bonds. The van der Waals surface area contributed by atoms with Crippen LogP contribution >= 0.6 is 15.9 Å². The van der Waals surface area contributed by atoms with Crippen molar-refractivity contribution in [3.63, 3.8) is 0 Å². The van der Waals surface area contributed by atoms with Gasteiger partial charge < -0.3 is 10.5 Å². The third-order valence-corrected chi connectivity index (χ3v) is 4.64. The molecule has 3 rings (SSSR count). The number of carbonyl (C=O) groups is 1. The number of nitrogens with one attached hydrogen (secondary N) is 2. The third kappa shape index (κ3) is 4.35. The van der Waals surface area contributed by atoms with Crippen LogP contribution in [0.3, 0.4) is 0 Å². The van der Waals surface area contributed by atoms with Gasteiger partial charge in [-0.05, 0) is 65.2 Å². The minimum atomic E-state index is -0.336. The Kier molecular flexibility index (Phi) is 5.56. The van der Waals surface area contributed by atoms with Crippen molar-refractivity contribution in [2.45, 2.75) is 13.8 Å². The first-order valence-corrected chi connectivity index (χ1v) is 8.91. The molecule has 0 aliphatic rings. The zero-order valence-corrected chi connectivity index (χ0v) is 16.4. The number of hydrogen-bond donors (Lipinski definition) is 3. The number of ether oxygens (including phenoxy) is 1. The summed E-state index contributed by atoms with van der Waals surface area (Å²) in [6, 6.07) is 12.8. The fraction of sp³-hybridized carbons (Fsp3) is 0.105. The molecule has 0 spiro atoms. The van der Waals surface area contributed by atoms with Gasteiger partial charge in [0, 0.05) is 4.47 Å². The Morgan fingerprint density at radius 3 is 2.63 bits per heavy atom. The molecule has 3 aromatic rings. The predicted octanol–water partition coefficient (Wildman–Crippen LogP) is 3.99. The Hall–Kier alpha value is -3.13. The van der Waals surface area contributed by atoms with Gasteiger partial charge in [-0.2, -0.15) is 4.98 Å². The molecule has 0 saturated heterocycles. The van der Waals surface area contributed by atoms with E-state index in [1.54, 1.807) is 18.2 Å². The largest absolute Gasteiger partial charge is 0.437 e. The number of nitrogens with two attached hydrogens (primary N) is 1. The summed E-state index contributed by atoms with van der Waals surface area (Å²) in [5, 5.41) is 0. The maximum absolute atomic E-state index is 12.3. The van der Waals surface area contributed by atoms with Gasteiger partial charge in [0.05, 0.1) is 5.56 Å². The van der Waals surface area contributed by atoms with Gasteiger partial charge in [-0.3, -0.25) is 15.6 Å². The van der Waals surface area contributed by atoms with Gasteiger partial charge in [0.25, 0.3) is 5.91 Å². The SMILES string of the molecule is Cc1ccc(Oc2ncnc(NNC(=O)c3ccccc3Br)c2N)cc1C. The fourth-order valence-corrected chi connectivity index (χ4v) is 2.74. The number of amides is 1. The lowest BCUT2D eigenvalue weighted by Gasteiger charge is -2.13. The number of aryl methyl sites for hydroxylation is 2. The quantitative estimate of drug-likeness (QED) is 0.532. The lowest BCUT2D eigenvalue weighted by molar-refractivity contribution is 0.0961. The normalized spacial score (nSPS) is 10.3. The summed E-state index contributed by atoms with van der Waals surface area (Å²) in [7, 11) is 0. The van der Waals surface area contributed by atoms with Crippen LogP contribution in [0.15, 0.2) is 53.3 Å². The van der Waals surface area contributed by atoms with Crippen molar-refractivity contribution in [1.82, 2.24) is 15.4 Å². The Morgan fingerprint density at radius 2 is 1.89 bits per heavy atom. The van der Waals surface area contributed by atoms with Crippen molar-refractivity contribution in [2.24, 2.45) is 0 Å². The molecule has 2 aromatic carbocycles. The minimum absolute atomic E-state index is 0.183. The average Bonchev–Trinajstić information content (AvgIpc) is 2.65. The molecule has 0 atom stereocenters. The van der Waals surface area contributed by atoms with Crippen LogP contribution in [-0.4, -0.2) is 15.9 Å². The van der Waals surface area contributed by atoms with Gasteiger partial charge in [0.2, 0.25) is 5.88 Å². The van der Waals surface area contributed by atoms with E-state index in [0.29, 0.717) is 15.8 Å². The highest BCUT2D eigenvalue weighted by Crippen LogP contribution is 2.29. The number of rotatable bonds is 5. The van der Waals surface area contributed by atoms with E-state index in [-0.39, 0.29) is 23.3 Å². The highest BCUT2D eigenvalue weighted by Gasteiger charge is 2.13. The predicted molar refractivity (Wildman–Crippen MR) is 108 cm³/mol. The highest BCUT2D eigenvalue weighted by atomic mass is 79.9. The van der Waals surface area contributed by atoms with Crippen LogP contribution in [0.2, 0.25) is 0 Å². The molecule has 0 bridgehead atoms. The molecule has 4 N–H and O–H groups in total. The second-order valence-corrected chi connectivity index (χ2v) is 6.70. The fourth-order valence-electron chi connectivity index (χ4n) is 2.28. The second-order valence-electron chi connectivity index (χ2n) is 5.85. The Bertz CT molecular complexity index is 994. The summed E-state index contributed by atoms with van der Waals surface area (Å²) in [5.74, 6) is 0.721. The van der Waals surface area contributed by atoms with Crippen molar-refractivity contribution in [1.29, 1.82) is 0 Å². The Labute approximate surface area is 165 Å². The molecule has 7 nitrogen and oxygen atoms in total. The van der Waals surface area contributed by atoms with E-state index >= 15 is 0 Å². The summed E-state index contributed by atoms with van der Waals surface area (Å²) >= 11 is 3.34. The molecule has 1 aromatic heterocycles. The van der Waals surface area contributed by atoms with Gasteiger partial charge in [0.1, 0.15) is 17.8 Å². The van der Waals surface area contributed by atoms with Crippen LogP contribution in [0.5, 0.6) is 11.6 Å². The van der Waals surface area contributed by atoms with Gasteiger partial charge >= 0.3 is 0 Å². The number of benzene rings is 2. The van der Waals surface area contributed by atoms with Crippen LogP contribution in [-0.2, 0) is 0 Å². The maximum Gasteiger partial charge on any atom is 0.270 e. The average molecular weight is 428 g/mol. The van der Waals surface area contributed by atoms with Crippen LogP contribution in [0.4, 0.5) is 11.5 Å². The van der Waals surface area contributed by atoms with E-state index in [0.717, 1.165) is 11.1 Å². The van der Waals surface area contributed by atoms with Crippen molar-refractivity contribution >= 4 is 33.3 Å². The molecular weight excluding hydrogens is 410 g/mol. The number of anilines is 2. The van der Waals surface area contributed by atoms with Crippen molar-refractivity contribution in [3.05, 3.63) is 70.0 Å². The smallest absolute Gasteiger partial charge is 0.270 e. The number of carbonyl (C=O) groups excluding carboxylic acids is 1. The molecule has 0 saturated carbocycles. The molecule has 0 radical (unpaired) electrons.